The molecule has 1 aromatic carbocycles. The number of alkyl halides is 3. The summed E-state index contributed by atoms with van der Waals surface area (Å²) in [6, 6.07) is 8.35. The highest BCUT2D eigenvalue weighted by Crippen LogP contribution is 2.29. The summed E-state index contributed by atoms with van der Waals surface area (Å²) < 4.78 is 38.4. The van der Waals surface area contributed by atoms with Crippen molar-refractivity contribution in [3.05, 3.63) is 52.4 Å². The van der Waals surface area contributed by atoms with Gasteiger partial charge in [0.15, 0.2) is 0 Å². The molecule has 0 aliphatic heterocycles. The van der Waals surface area contributed by atoms with Crippen LogP contribution >= 0.6 is 0 Å². The van der Waals surface area contributed by atoms with E-state index in [0.717, 1.165) is 4.68 Å². The molecule has 0 unspecified atom stereocenters. The van der Waals surface area contributed by atoms with Gasteiger partial charge in [-0.25, -0.2) is 4.68 Å². The Labute approximate surface area is 88.1 Å². The Hall–Kier alpha value is -1.98. The molecule has 84 valence electrons. The average Bonchev–Trinajstić information content (AvgIpc) is 2.61. The van der Waals surface area contributed by atoms with Crippen LogP contribution in [-0.4, -0.2) is 9.78 Å². The quantitative estimate of drug-likeness (QED) is 0.798. The summed E-state index contributed by atoms with van der Waals surface area (Å²) >= 11 is 0. The highest BCUT2D eigenvalue weighted by molar-refractivity contribution is 5.32. The van der Waals surface area contributed by atoms with E-state index in [1.54, 1.807) is 18.2 Å². The van der Waals surface area contributed by atoms with E-state index >= 15 is 0 Å². The zero-order valence-corrected chi connectivity index (χ0v) is 7.95. The molecular weight excluding hydrogens is 221 g/mol. The summed E-state index contributed by atoms with van der Waals surface area (Å²) in [6.45, 7) is 0. The number of benzene rings is 1. The molecule has 0 aliphatic carbocycles. The highest BCUT2D eigenvalue weighted by Gasteiger charge is 2.35. The van der Waals surface area contributed by atoms with Crippen LogP contribution in [0.2, 0.25) is 0 Å². The van der Waals surface area contributed by atoms with Gasteiger partial charge in [-0.3, -0.25) is 9.89 Å². The van der Waals surface area contributed by atoms with Gasteiger partial charge in [-0.05, 0) is 12.1 Å². The van der Waals surface area contributed by atoms with Crippen molar-refractivity contribution in [2.24, 2.45) is 0 Å². The summed E-state index contributed by atoms with van der Waals surface area (Å²) in [4.78, 5) is 11.0. The molecule has 1 N–H and O–H groups in total. The molecule has 6 heteroatoms. The Bertz CT molecular complexity index is 539. The fraction of sp³-hybridized carbons (Fsp3) is 0.100. The molecule has 0 bridgehead atoms. The lowest BCUT2D eigenvalue weighted by molar-refractivity contribution is -0.142. The molecular formula is C10H7F3N2O. The second-order valence-electron chi connectivity index (χ2n) is 3.17. The third-order valence-electron chi connectivity index (χ3n) is 2.04. The van der Waals surface area contributed by atoms with E-state index in [-0.39, 0.29) is 5.69 Å². The smallest absolute Gasteiger partial charge is 0.268 e. The standard InChI is InChI=1S/C10H7F3N2O/c11-10(12,13)8-6-9(16)14-15(8)7-4-2-1-3-5-7/h1-6H,(H,14,16). The van der Waals surface area contributed by atoms with Crippen LogP contribution in [0.25, 0.3) is 5.69 Å². The van der Waals surface area contributed by atoms with Gasteiger partial charge in [-0.2, -0.15) is 13.2 Å². The van der Waals surface area contributed by atoms with Crippen LogP contribution in [0.4, 0.5) is 13.2 Å². The molecule has 0 amide bonds. The molecule has 2 aromatic rings. The fourth-order valence-corrected chi connectivity index (χ4v) is 1.38. The third kappa shape index (κ3) is 1.86. The lowest BCUT2D eigenvalue weighted by atomic mass is 10.3. The maximum absolute atomic E-state index is 12.6. The first kappa shape index (κ1) is 10.5. The first-order valence-corrected chi connectivity index (χ1v) is 4.43. The number of aromatic amines is 1. The lowest BCUT2D eigenvalue weighted by Gasteiger charge is -2.10. The number of aromatic nitrogens is 2. The molecule has 0 atom stereocenters. The first-order chi connectivity index (χ1) is 7.48. The van der Waals surface area contributed by atoms with Crippen LogP contribution in [0.5, 0.6) is 0 Å². The number of nitrogens with one attached hydrogen (secondary N) is 1. The number of rotatable bonds is 1. The normalized spacial score (nSPS) is 11.7. The molecule has 0 radical (unpaired) electrons. The Morgan fingerprint density at radius 2 is 1.75 bits per heavy atom. The van der Waals surface area contributed by atoms with Gasteiger partial charge in [0.05, 0.1) is 5.69 Å². The number of H-pyrrole nitrogens is 1. The molecule has 0 fully saturated rings. The minimum absolute atomic E-state index is 0.261. The van der Waals surface area contributed by atoms with Gasteiger partial charge in [-0.1, -0.05) is 18.2 Å². The predicted octanol–water partition coefficient (Wildman–Crippen LogP) is 2.18. The van der Waals surface area contributed by atoms with Crippen molar-refractivity contribution < 1.29 is 13.2 Å². The van der Waals surface area contributed by atoms with Crippen molar-refractivity contribution in [2.75, 3.05) is 0 Å². The fourth-order valence-electron chi connectivity index (χ4n) is 1.38. The van der Waals surface area contributed by atoms with Crippen molar-refractivity contribution in [1.82, 2.24) is 9.78 Å². The molecule has 0 saturated carbocycles. The van der Waals surface area contributed by atoms with Crippen LogP contribution in [-0.2, 0) is 6.18 Å². The lowest BCUT2D eigenvalue weighted by Crippen LogP contribution is -2.13. The van der Waals surface area contributed by atoms with Gasteiger partial charge < -0.3 is 0 Å². The van der Waals surface area contributed by atoms with Crippen molar-refractivity contribution in [3.8, 4) is 5.69 Å². The van der Waals surface area contributed by atoms with Crippen LogP contribution < -0.4 is 5.56 Å². The predicted molar refractivity (Wildman–Crippen MR) is 51.4 cm³/mol. The summed E-state index contributed by atoms with van der Waals surface area (Å²) in [5.41, 5.74) is -1.53. The van der Waals surface area contributed by atoms with Crippen LogP contribution in [0.1, 0.15) is 5.69 Å². The van der Waals surface area contributed by atoms with E-state index in [9.17, 15) is 18.0 Å². The van der Waals surface area contributed by atoms with Crippen LogP contribution in [0.3, 0.4) is 0 Å². The molecule has 0 spiro atoms. The number of halogens is 3. The van der Waals surface area contributed by atoms with Gasteiger partial charge in [0.25, 0.3) is 5.56 Å². The Kier molecular flexibility index (Phi) is 2.34. The molecule has 3 nitrogen and oxygen atoms in total. The van der Waals surface area contributed by atoms with Crippen molar-refractivity contribution in [3.63, 3.8) is 0 Å². The van der Waals surface area contributed by atoms with Gasteiger partial charge in [0.2, 0.25) is 0 Å². The van der Waals surface area contributed by atoms with Gasteiger partial charge in [0.1, 0.15) is 5.69 Å². The molecule has 1 aromatic heterocycles. The Morgan fingerprint density at radius 1 is 1.12 bits per heavy atom. The van der Waals surface area contributed by atoms with Crippen molar-refractivity contribution >= 4 is 0 Å². The van der Waals surface area contributed by atoms with Crippen LogP contribution in [0.15, 0.2) is 41.2 Å². The maximum Gasteiger partial charge on any atom is 0.433 e. The molecule has 0 aliphatic rings. The second kappa shape index (κ2) is 3.55. The SMILES string of the molecule is O=c1cc(C(F)(F)F)n(-c2ccccc2)[nH]1. The topological polar surface area (TPSA) is 37.8 Å². The number of para-hydroxylation sites is 1. The summed E-state index contributed by atoms with van der Waals surface area (Å²) in [5, 5.41) is 2.11. The number of nitrogens with zero attached hydrogens (tertiary/aromatic N) is 1. The largest absolute Gasteiger partial charge is 0.433 e. The van der Waals surface area contributed by atoms with E-state index in [4.69, 9.17) is 0 Å². The van der Waals surface area contributed by atoms with Gasteiger partial charge in [-0.15, -0.1) is 0 Å². The maximum atomic E-state index is 12.6. The zero-order chi connectivity index (χ0) is 11.8. The minimum Gasteiger partial charge on any atom is -0.268 e. The first-order valence-electron chi connectivity index (χ1n) is 4.43. The van der Waals surface area contributed by atoms with E-state index in [2.05, 4.69) is 5.10 Å². The summed E-state index contributed by atoms with van der Waals surface area (Å²) in [5.74, 6) is 0. The number of hydrogen-bond donors (Lipinski definition) is 1. The van der Waals surface area contributed by atoms with E-state index in [0.29, 0.717) is 6.07 Å². The van der Waals surface area contributed by atoms with E-state index in [1.165, 1.54) is 12.1 Å². The highest BCUT2D eigenvalue weighted by atomic mass is 19.4. The number of hydrogen-bond acceptors (Lipinski definition) is 1. The van der Waals surface area contributed by atoms with Crippen LogP contribution in [0, 0.1) is 0 Å². The molecule has 0 saturated heterocycles. The van der Waals surface area contributed by atoms with Gasteiger partial charge in [0, 0.05) is 6.07 Å². The molecule has 2 rings (SSSR count). The van der Waals surface area contributed by atoms with E-state index < -0.39 is 17.4 Å². The Morgan fingerprint density at radius 3 is 2.31 bits per heavy atom. The van der Waals surface area contributed by atoms with Gasteiger partial charge >= 0.3 is 6.18 Å². The Balaban J connectivity index is 2.62. The monoisotopic (exact) mass is 228 g/mol. The summed E-state index contributed by atoms with van der Waals surface area (Å²) in [6.07, 6.45) is -4.56. The zero-order valence-electron chi connectivity index (χ0n) is 7.95. The molecule has 1 heterocycles. The van der Waals surface area contributed by atoms with Crippen molar-refractivity contribution in [2.45, 2.75) is 6.18 Å². The molecule has 16 heavy (non-hydrogen) atoms. The summed E-state index contributed by atoms with van der Waals surface area (Å²) in [7, 11) is 0. The third-order valence-corrected chi connectivity index (χ3v) is 2.04. The minimum atomic E-state index is -4.56. The van der Waals surface area contributed by atoms with Crippen molar-refractivity contribution in [1.29, 1.82) is 0 Å². The average molecular weight is 228 g/mol. The second-order valence-corrected chi connectivity index (χ2v) is 3.17. The van der Waals surface area contributed by atoms with E-state index in [1.807, 2.05) is 0 Å².